The highest BCUT2D eigenvalue weighted by molar-refractivity contribution is 5.29. The minimum Gasteiger partial charge on any atom is -0.508 e. The smallest absolute Gasteiger partial charge is 0.115 e. The van der Waals surface area contributed by atoms with Crippen molar-refractivity contribution in [2.24, 2.45) is 11.8 Å². The van der Waals surface area contributed by atoms with Crippen LogP contribution in [0, 0.1) is 11.8 Å². The molecule has 2 heteroatoms. The summed E-state index contributed by atoms with van der Waals surface area (Å²) >= 11 is 0. The first-order valence-corrected chi connectivity index (χ1v) is 6.34. The molecule has 0 aromatic heterocycles. The zero-order valence-corrected chi connectivity index (χ0v) is 9.52. The van der Waals surface area contributed by atoms with E-state index in [2.05, 4.69) is 17.4 Å². The van der Waals surface area contributed by atoms with E-state index in [0.29, 0.717) is 11.7 Å². The summed E-state index contributed by atoms with van der Waals surface area (Å²) in [7, 11) is 0. The first-order valence-electron chi connectivity index (χ1n) is 6.34. The number of rotatable bonds is 1. The highest BCUT2D eigenvalue weighted by atomic mass is 16.3. The molecule has 0 bridgehead atoms. The maximum atomic E-state index is 9.33. The van der Waals surface area contributed by atoms with Crippen molar-refractivity contribution in [3.05, 3.63) is 29.8 Å². The summed E-state index contributed by atoms with van der Waals surface area (Å²) in [5.41, 5.74) is 1.41. The highest BCUT2D eigenvalue weighted by Crippen LogP contribution is 2.43. The van der Waals surface area contributed by atoms with Crippen molar-refractivity contribution in [2.45, 2.75) is 25.2 Å². The van der Waals surface area contributed by atoms with Crippen molar-refractivity contribution in [3.8, 4) is 5.75 Å². The van der Waals surface area contributed by atoms with Crippen molar-refractivity contribution in [3.63, 3.8) is 0 Å². The normalized spacial score (nSPS) is 33.6. The number of nitrogens with one attached hydrogen (secondary N) is 1. The van der Waals surface area contributed by atoms with Crippen LogP contribution in [-0.2, 0) is 0 Å². The minimum atomic E-state index is 0.376. The summed E-state index contributed by atoms with van der Waals surface area (Å²) in [4.78, 5) is 0. The van der Waals surface area contributed by atoms with E-state index in [9.17, 15) is 5.11 Å². The number of phenols is 1. The molecule has 3 rings (SSSR count). The van der Waals surface area contributed by atoms with Crippen LogP contribution in [0.2, 0.25) is 0 Å². The number of hydrogen-bond donors (Lipinski definition) is 2. The molecule has 1 aromatic carbocycles. The van der Waals surface area contributed by atoms with Crippen LogP contribution in [0.3, 0.4) is 0 Å². The Bertz CT molecular complexity index is 360. The van der Waals surface area contributed by atoms with Crippen LogP contribution in [0.15, 0.2) is 24.3 Å². The molecule has 0 amide bonds. The van der Waals surface area contributed by atoms with Gasteiger partial charge in [0.15, 0.2) is 0 Å². The fourth-order valence-electron chi connectivity index (χ4n) is 3.49. The fraction of sp³-hybridized carbons (Fsp3) is 0.571. The standard InChI is InChI=1S/C14H19NO/c16-12-6-4-10(5-7-12)13-3-1-2-11-8-15-9-14(11)13/h4-7,11,13-16H,1-3,8-9H2. The van der Waals surface area contributed by atoms with Crippen molar-refractivity contribution in [1.82, 2.24) is 5.32 Å². The molecule has 1 aromatic rings. The second-order valence-electron chi connectivity index (χ2n) is 5.21. The molecule has 0 spiro atoms. The monoisotopic (exact) mass is 217 g/mol. The number of hydrogen-bond acceptors (Lipinski definition) is 2. The summed E-state index contributed by atoms with van der Waals surface area (Å²) in [6, 6.07) is 7.84. The van der Waals surface area contributed by atoms with Gasteiger partial charge in [0.1, 0.15) is 5.75 Å². The fourth-order valence-corrected chi connectivity index (χ4v) is 3.49. The van der Waals surface area contributed by atoms with E-state index in [1.165, 1.54) is 37.9 Å². The van der Waals surface area contributed by atoms with Gasteiger partial charge in [0.2, 0.25) is 0 Å². The van der Waals surface area contributed by atoms with Crippen molar-refractivity contribution < 1.29 is 5.11 Å². The second-order valence-corrected chi connectivity index (χ2v) is 5.21. The SMILES string of the molecule is Oc1ccc(C2CCCC3CNCC32)cc1. The van der Waals surface area contributed by atoms with Gasteiger partial charge in [0.05, 0.1) is 0 Å². The minimum absolute atomic E-state index is 0.376. The van der Waals surface area contributed by atoms with Gasteiger partial charge in [-0.1, -0.05) is 18.6 Å². The number of phenolic OH excluding ortho intramolecular Hbond substituents is 1. The molecule has 1 aliphatic carbocycles. The lowest BCUT2D eigenvalue weighted by Gasteiger charge is -2.33. The zero-order chi connectivity index (χ0) is 11.0. The maximum absolute atomic E-state index is 9.33. The van der Waals surface area contributed by atoms with Crippen LogP contribution in [0.1, 0.15) is 30.7 Å². The third kappa shape index (κ3) is 1.71. The van der Waals surface area contributed by atoms with Gasteiger partial charge in [0.25, 0.3) is 0 Å². The third-order valence-corrected chi connectivity index (χ3v) is 4.32. The van der Waals surface area contributed by atoms with Gasteiger partial charge in [-0.2, -0.15) is 0 Å². The summed E-state index contributed by atoms with van der Waals surface area (Å²) in [5, 5.41) is 12.9. The molecule has 86 valence electrons. The molecule has 1 saturated heterocycles. The Morgan fingerprint density at radius 2 is 1.88 bits per heavy atom. The number of benzene rings is 1. The molecule has 2 fully saturated rings. The number of aromatic hydroxyl groups is 1. The van der Waals surface area contributed by atoms with Gasteiger partial charge in [-0.3, -0.25) is 0 Å². The van der Waals surface area contributed by atoms with Gasteiger partial charge in [-0.05, 0) is 61.4 Å². The van der Waals surface area contributed by atoms with Crippen molar-refractivity contribution in [2.75, 3.05) is 13.1 Å². The lowest BCUT2D eigenvalue weighted by Crippen LogP contribution is -2.25. The Morgan fingerprint density at radius 1 is 1.06 bits per heavy atom. The van der Waals surface area contributed by atoms with Crippen LogP contribution >= 0.6 is 0 Å². The Morgan fingerprint density at radius 3 is 2.69 bits per heavy atom. The predicted molar refractivity (Wildman–Crippen MR) is 64.5 cm³/mol. The van der Waals surface area contributed by atoms with E-state index in [1.54, 1.807) is 0 Å². The Kier molecular flexibility index (Phi) is 2.60. The summed E-state index contributed by atoms with van der Waals surface area (Å²) in [5.74, 6) is 2.78. The van der Waals surface area contributed by atoms with E-state index in [0.717, 1.165) is 11.8 Å². The highest BCUT2D eigenvalue weighted by Gasteiger charge is 2.36. The quantitative estimate of drug-likeness (QED) is 0.757. The Hall–Kier alpha value is -1.02. The number of fused-ring (bicyclic) bond motifs is 1. The maximum Gasteiger partial charge on any atom is 0.115 e. The average Bonchev–Trinajstić information content (AvgIpc) is 2.78. The largest absolute Gasteiger partial charge is 0.508 e. The van der Waals surface area contributed by atoms with Crippen LogP contribution in [0.25, 0.3) is 0 Å². The topological polar surface area (TPSA) is 32.3 Å². The van der Waals surface area contributed by atoms with E-state index in [1.807, 2.05) is 12.1 Å². The van der Waals surface area contributed by atoms with Gasteiger partial charge in [0, 0.05) is 0 Å². The Labute approximate surface area is 96.7 Å². The molecular formula is C14H19NO. The Balaban J connectivity index is 1.85. The molecule has 1 heterocycles. The lowest BCUT2D eigenvalue weighted by atomic mass is 9.71. The lowest BCUT2D eigenvalue weighted by molar-refractivity contribution is 0.258. The van der Waals surface area contributed by atoms with Gasteiger partial charge < -0.3 is 10.4 Å². The van der Waals surface area contributed by atoms with Crippen LogP contribution < -0.4 is 5.32 Å². The third-order valence-electron chi connectivity index (χ3n) is 4.32. The van der Waals surface area contributed by atoms with E-state index in [4.69, 9.17) is 0 Å². The molecule has 3 unspecified atom stereocenters. The van der Waals surface area contributed by atoms with Gasteiger partial charge in [-0.15, -0.1) is 0 Å². The summed E-state index contributed by atoms with van der Waals surface area (Å²) in [6.45, 7) is 2.38. The first-order chi connectivity index (χ1) is 7.84. The molecule has 3 atom stereocenters. The first kappa shape index (κ1) is 10.2. The zero-order valence-electron chi connectivity index (χ0n) is 9.52. The molecule has 2 N–H and O–H groups in total. The molecule has 1 saturated carbocycles. The van der Waals surface area contributed by atoms with Crippen molar-refractivity contribution in [1.29, 1.82) is 0 Å². The van der Waals surface area contributed by atoms with E-state index >= 15 is 0 Å². The molecule has 16 heavy (non-hydrogen) atoms. The average molecular weight is 217 g/mol. The molecule has 1 aliphatic heterocycles. The molecule has 2 nitrogen and oxygen atoms in total. The molecule has 2 aliphatic rings. The van der Waals surface area contributed by atoms with Gasteiger partial charge >= 0.3 is 0 Å². The summed E-state index contributed by atoms with van der Waals surface area (Å²) < 4.78 is 0. The van der Waals surface area contributed by atoms with E-state index < -0.39 is 0 Å². The summed E-state index contributed by atoms with van der Waals surface area (Å²) in [6.07, 6.45) is 4.06. The van der Waals surface area contributed by atoms with E-state index in [-0.39, 0.29) is 0 Å². The molecular weight excluding hydrogens is 198 g/mol. The van der Waals surface area contributed by atoms with Crippen LogP contribution in [-0.4, -0.2) is 18.2 Å². The van der Waals surface area contributed by atoms with Crippen LogP contribution in [0.5, 0.6) is 5.75 Å². The van der Waals surface area contributed by atoms with Crippen LogP contribution in [0.4, 0.5) is 0 Å². The van der Waals surface area contributed by atoms with Gasteiger partial charge in [-0.25, -0.2) is 0 Å². The predicted octanol–water partition coefficient (Wildman–Crippen LogP) is 2.50. The second kappa shape index (κ2) is 4.10. The van der Waals surface area contributed by atoms with Crippen molar-refractivity contribution >= 4 is 0 Å². The molecule has 0 radical (unpaired) electrons.